The molecule has 1 rings (SSSR count). The molecule has 0 bridgehead atoms. The molecule has 0 radical (unpaired) electrons. The van der Waals surface area contributed by atoms with Crippen LogP contribution < -0.4 is 0 Å². The maximum absolute atomic E-state index is 11.7. The van der Waals surface area contributed by atoms with Gasteiger partial charge in [-0.2, -0.15) is 8.42 Å². The summed E-state index contributed by atoms with van der Waals surface area (Å²) in [5.41, 5.74) is 0.170. The number of esters is 1. The lowest BCUT2D eigenvalue weighted by Gasteiger charge is -2.06. The Labute approximate surface area is 127 Å². The van der Waals surface area contributed by atoms with Gasteiger partial charge in [-0.05, 0) is 31.0 Å². The Morgan fingerprint density at radius 1 is 1.23 bits per heavy atom. The number of aliphatic carboxylic acids is 1. The van der Waals surface area contributed by atoms with Crippen molar-refractivity contribution in [2.75, 3.05) is 19.8 Å². The zero-order valence-electron chi connectivity index (χ0n) is 11.6. The van der Waals surface area contributed by atoms with E-state index in [1.165, 1.54) is 12.1 Å². The first-order valence-electron chi connectivity index (χ1n) is 6.17. The van der Waals surface area contributed by atoms with Gasteiger partial charge in [-0.25, -0.2) is 9.59 Å². The highest BCUT2D eigenvalue weighted by atomic mass is 32.2. The van der Waals surface area contributed by atoms with Gasteiger partial charge in [0.15, 0.2) is 6.61 Å². The van der Waals surface area contributed by atoms with Crippen LogP contribution in [-0.2, 0) is 23.8 Å². The van der Waals surface area contributed by atoms with Crippen LogP contribution in [0.1, 0.15) is 16.8 Å². The molecule has 9 heteroatoms. The number of carbonyl (C=O) groups excluding carboxylic acids is 1. The summed E-state index contributed by atoms with van der Waals surface area (Å²) in [4.78, 5) is 25.3. The van der Waals surface area contributed by atoms with Gasteiger partial charge in [-0.15, -0.1) is 0 Å². The second-order valence-electron chi connectivity index (χ2n) is 4.07. The van der Waals surface area contributed by atoms with Crippen molar-refractivity contribution in [3.8, 4) is 0 Å². The normalized spacial score (nSPS) is 10.9. The Kier molecular flexibility index (Phi) is 6.67. The number of ether oxygens (including phenoxy) is 1. The number of carboxylic acid groups (broad SMARTS) is 1. The van der Waals surface area contributed by atoms with Crippen LogP contribution >= 0.6 is 0 Å². The lowest BCUT2D eigenvalue weighted by atomic mass is 10.2. The number of rotatable bonds is 9. The Balaban J connectivity index is 2.67. The van der Waals surface area contributed by atoms with Gasteiger partial charge in [-0.3, -0.25) is 4.18 Å². The van der Waals surface area contributed by atoms with Gasteiger partial charge in [0.05, 0.1) is 17.1 Å². The van der Waals surface area contributed by atoms with E-state index in [9.17, 15) is 18.0 Å². The molecular formula is C13H15NO7S. The number of benzene rings is 1. The standard InChI is InChI=1S/C13H15NO7S/c1-14-7-2-8-20-13(17)10-3-5-11(6-4-10)22(18,19)21-9-12(15)16/h3-6H,1-2,7-9H2,(H,15,16). The molecule has 0 fully saturated rings. The second kappa shape index (κ2) is 8.25. The average molecular weight is 329 g/mol. The fraction of sp³-hybridized carbons (Fsp3) is 0.308. The molecule has 8 nitrogen and oxygen atoms in total. The predicted octanol–water partition coefficient (Wildman–Crippen LogP) is 0.724. The zero-order valence-corrected chi connectivity index (χ0v) is 12.4. The maximum Gasteiger partial charge on any atom is 0.338 e. The van der Waals surface area contributed by atoms with Crippen molar-refractivity contribution in [2.45, 2.75) is 11.3 Å². The van der Waals surface area contributed by atoms with Crippen molar-refractivity contribution in [1.82, 2.24) is 0 Å². The quantitative estimate of drug-likeness (QED) is 0.307. The largest absolute Gasteiger partial charge is 0.479 e. The van der Waals surface area contributed by atoms with Crippen molar-refractivity contribution in [3.63, 3.8) is 0 Å². The van der Waals surface area contributed by atoms with Crippen molar-refractivity contribution < 1.29 is 32.0 Å². The lowest BCUT2D eigenvalue weighted by molar-refractivity contribution is -0.139. The van der Waals surface area contributed by atoms with Gasteiger partial charge in [0, 0.05) is 13.0 Å². The Hall–Kier alpha value is -2.26. The van der Waals surface area contributed by atoms with Gasteiger partial charge in [0.2, 0.25) is 0 Å². The van der Waals surface area contributed by atoms with Crippen LogP contribution in [0.5, 0.6) is 0 Å². The molecule has 22 heavy (non-hydrogen) atoms. The first-order chi connectivity index (χ1) is 10.4. The van der Waals surface area contributed by atoms with Crippen molar-refractivity contribution in [1.29, 1.82) is 0 Å². The fourth-order valence-corrected chi connectivity index (χ4v) is 2.24. The summed E-state index contributed by atoms with van der Waals surface area (Å²) in [6, 6.07) is 4.79. The molecule has 0 spiro atoms. The molecule has 1 aromatic rings. The summed E-state index contributed by atoms with van der Waals surface area (Å²) >= 11 is 0. The summed E-state index contributed by atoms with van der Waals surface area (Å²) in [5.74, 6) is -2.00. The van der Waals surface area contributed by atoms with Gasteiger partial charge >= 0.3 is 11.9 Å². The third kappa shape index (κ3) is 5.62. The summed E-state index contributed by atoms with van der Waals surface area (Å²) in [6.07, 6.45) is 0.546. The van der Waals surface area contributed by atoms with Crippen LogP contribution in [0.3, 0.4) is 0 Å². The van der Waals surface area contributed by atoms with Crippen LogP contribution in [0.15, 0.2) is 34.2 Å². The van der Waals surface area contributed by atoms with E-state index in [1.807, 2.05) is 0 Å². The minimum atomic E-state index is -4.17. The summed E-state index contributed by atoms with van der Waals surface area (Å²) < 4.78 is 32.5. The summed E-state index contributed by atoms with van der Waals surface area (Å²) in [5, 5.41) is 8.40. The van der Waals surface area contributed by atoms with Gasteiger partial charge < -0.3 is 14.8 Å². The Morgan fingerprint density at radius 2 is 1.86 bits per heavy atom. The monoisotopic (exact) mass is 329 g/mol. The molecule has 0 saturated carbocycles. The van der Waals surface area contributed by atoms with Crippen LogP contribution in [0, 0.1) is 0 Å². The van der Waals surface area contributed by atoms with Gasteiger partial charge in [-0.1, -0.05) is 0 Å². The molecule has 0 amide bonds. The maximum atomic E-state index is 11.7. The molecular weight excluding hydrogens is 314 g/mol. The van der Waals surface area contributed by atoms with E-state index in [2.05, 4.69) is 15.9 Å². The molecule has 1 aromatic carbocycles. The van der Waals surface area contributed by atoms with Crippen LogP contribution in [0.2, 0.25) is 0 Å². The average Bonchev–Trinajstić information content (AvgIpc) is 2.49. The van der Waals surface area contributed by atoms with E-state index in [1.54, 1.807) is 0 Å². The number of hydrogen-bond acceptors (Lipinski definition) is 7. The molecule has 0 aliphatic heterocycles. The molecule has 0 saturated heterocycles. The van der Waals surface area contributed by atoms with Gasteiger partial charge in [0.25, 0.3) is 10.1 Å². The first kappa shape index (κ1) is 17.8. The number of nitrogens with zero attached hydrogens (tertiary/aromatic N) is 1. The highest BCUT2D eigenvalue weighted by Crippen LogP contribution is 2.14. The van der Waals surface area contributed by atoms with E-state index < -0.39 is 28.7 Å². The molecule has 0 unspecified atom stereocenters. The van der Waals surface area contributed by atoms with Crippen molar-refractivity contribution in [3.05, 3.63) is 29.8 Å². The third-order valence-electron chi connectivity index (χ3n) is 2.41. The zero-order chi connectivity index (χ0) is 16.6. The minimum absolute atomic E-state index is 0.170. The van der Waals surface area contributed by atoms with Crippen LogP contribution in [0.4, 0.5) is 0 Å². The summed E-state index contributed by atoms with van der Waals surface area (Å²) in [6.45, 7) is 2.99. The van der Waals surface area contributed by atoms with Crippen molar-refractivity contribution in [2.24, 2.45) is 4.99 Å². The highest BCUT2D eigenvalue weighted by molar-refractivity contribution is 7.86. The number of aliphatic imine (C=N–C) groups is 1. The van der Waals surface area contributed by atoms with E-state index in [0.29, 0.717) is 13.0 Å². The molecule has 1 N–H and O–H groups in total. The predicted molar refractivity (Wildman–Crippen MR) is 76.5 cm³/mol. The van der Waals surface area contributed by atoms with Crippen molar-refractivity contribution >= 4 is 28.8 Å². The smallest absolute Gasteiger partial charge is 0.338 e. The first-order valence-corrected chi connectivity index (χ1v) is 7.58. The van der Waals surface area contributed by atoms with Crippen LogP contribution in [-0.4, -0.2) is 51.9 Å². The minimum Gasteiger partial charge on any atom is -0.479 e. The fourth-order valence-electron chi connectivity index (χ4n) is 1.38. The molecule has 0 aliphatic carbocycles. The number of carboxylic acids is 1. The Morgan fingerprint density at radius 3 is 2.41 bits per heavy atom. The lowest BCUT2D eigenvalue weighted by Crippen LogP contribution is -2.14. The highest BCUT2D eigenvalue weighted by Gasteiger charge is 2.17. The molecule has 120 valence electrons. The van der Waals surface area contributed by atoms with E-state index in [4.69, 9.17) is 9.84 Å². The van der Waals surface area contributed by atoms with E-state index in [-0.39, 0.29) is 17.1 Å². The number of carbonyl (C=O) groups is 2. The topological polar surface area (TPSA) is 119 Å². The van der Waals surface area contributed by atoms with Crippen LogP contribution in [0.25, 0.3) is 0 Å². The molecule has 0 aromatic heterocycles. The SMILES string of the molecule is C=NCCCOC(=O)c1ccc(S(=O)(=O)OCC(=O)O)cc1. The second-order valence-corrected chi connectivity index (χ2v) is 5.69. The molecule has 0 heterocycles. The van der Waals surface area contributed by atoms with E-state index in [0.717, 1.165) is 12.1 Å². The van der Waals surface area contributed by atoms with Gasteiger partial charge in [0.1, 0.15) is 0 Å². The molecule has 0 atom stereocenters. The third-order valence-corrected chi connectivity index (χ3v) is 3.69. The molecule has 0 aliphatic rings. The number of hydrogen-bond donors (Lipinski definition) is 1. The Bertz CT molecular complexity index is 637. The summed E-state index contributed by atoms with van der Waals surface area (Å²) in [7, 11) is -4.17. The van der Waals surface area contributed by atoms with E-state index >= 15 is 0 Å².